The van der Waals surface area contributed by atoms with Gasteiger partial charge in [-0.25, -0.2) is 0 Å². The molecular formula is C50H62N3O12S3+. The first kappa shape index (κ1) is 52.1. The van der Waals surface area contributed by atoms with Gasteiger partial charge in [0.2, 0.25) is 11.6 Å². The van der Waals surface area contributed by atoms with Gasteiger partial charge in [-0.15, -0.1) is 0 Å². The summed E-state index contributed by atoms with van der Waals surface area (Å²) in [6.45, 7) is 12.8. The highest BCUT2D eigenvalue weighted by molar-refractivity contribution is 7.86. The lowest BCUT2D eigenvalue weighted by atomic mass is 9.79. The quantitative estimate of drug-likeness (QED) is 0.0227. The second-order valence-electron chi connectivity index (χ2n) is 18.9. The Balaban J connectivity index is 1.27. The Labute approximate surface area is 399 Å². The molecule has 0 fully saturated rings. The van der Waals surface area contributed by atoms with Gasteiger partial charge in [0, 0.05) is 60.4 Å². The molecule has 2 heterocycles. The number of carboxylic acid groups (broad SMARTS) is 1. The van der Waals surface area contributed by atoms with E-state index in [9.17, 15) is 48.5 Å². The van der Waals surface area contributed by atoms with Crippen molar-refractivity contribution in [1.29, 1.82) is 0 Å². The summed E-state index contributed by atoms with van der Waals surface area (Å²) in [7, 11) is -13.2. The molecule has 2 aliphatic rings. The second kappa shape index (κ2) is 20.4. The average molecular weight is 993 g/mol. The molecule has 0 saturated carbocycles. The Bertz CT molecular complexity index is 3100. The molecule has 4 aromatic rings. The molecule has 18 heteroatoms. The summed E-state index contributed by atoms with van der Waals surface area (Å²) >= 11 is 0. The van der Waals surface area contributed by atoms with Crippen molar-refractivity contribution in [2.45, 2.75) is 119 Å². The van der Waals surface area contributed by atoms with Crippen molar-refractivity contribution in [3.8, 4) is 0 Å². The van der Waals surface area contributed by atoms with Crippen LogP contribution in [-0.2, 0) is 50.8 Å². The van der Waals surface area contributed by atoms with Crippen molar-refractivity contribution >= 4 is 80.9 Å². The molecule has 2 atom stereocenters. The standard InChI is InChI=1S/C50H61N3O12S3/c1-33(48(55)56)15-12-13-28-51-45(54)18-11-8-14-29-52-41-25-19-35-31-37(67(60,61)62)21-23-39(35)46(41)49(3,4)43(52)16-9-7-10-17-44-50(5,6)47-40-24-22-38(68(63,64)65)32-36(40)20-26-42(47)53(44)30-27-34(2)66(57,58)59/h7,9-10,16-17,19-26,31-34H,8,11-15,18,27-30H2,1-6H3,(H4-,51,54,55,56,57,58,59,60,61,62,63,64,65)/p+1/t33-,34?/m0/s1. The molecule has 0 aromatic heterocycles. The summed E-state index contributed by atoms with van der Waals surface area (Å²) in [5.74, 6) is -1.28. The molecular weight excluding hydrogens is 931 g/mol. The zero-order valence-electron chi connectivity index (χ0n) is 39.3. The zero-order chi connectivity index (χ0) is 50.0. The van der Waals surface area contributed by atoms with E-state index in [1.807, 2.05) is 67.3 Å². The minimum atomic E-state index is -4.45. The number of benzene rings is 4. The van der Waals surface area contributed by atoms with E-state index in [4.69, 9.17) is 5.11 Å². The summed E-state index contributed by atoms with van der Waals surface area (Å²) < 4.78 is 104. The van der Waals surface area contributed by atoms with Crippen molar-refractivity contribution in [3.63, 3.8) is 0 Å². The molecule has 4 aromatic carbocycles. The molecule has 1 unspecified atom stereocenters. The smallest absolute Gasteiger partial charge is 0.306 e. The van der Waals surface area contributed by atoms with Gasteiger partial charge in [0.1, 0.15) is 6.54 Å². The van der Waals surface area contributed by atoms with Crippen molar-refractivity contribution < 1.29 is 58.2 Å². The second-order valence-corrected chi connectivity index (χ2v) is 23.6. The Morgan fingerprint density at radius 1 is 0.721 bits per heavy atom. The number of unbranched alkanes of at least 4 members (excludes halogenated alkanes) is 3. The van der Waals surface area contributed by atoms with Crippen LogP contribution >= 0.6 is 0 Å². The molecule has 0 spiro atoms. The number of amides is 1. The number of fused-ring (bicyclic) bond motifs is 6. The first-order chi connectivity index (χ1) is 31.7. The van der Waals surface area contributed by atoms with Crippen LogP contribution in [0.4, 0.5) is 11.4 Å². The fourth-order valence-corrected chi connectivity index (χ4v) is 10.9. The van der Waals surface area contributed by atoms with Gasteiger partial charge < -0.3 is 15.3 Å². The van der Waals surface area contributed by atoms with Gasteiger partial charge in [-0.2, -0.15) is 29.8 Å². The van der Waals surface area contributed by atoms with Crippen LogP contribution in [0.25, 0.3) is 21.5 Å². The number of hydrogen-bond acceptors (Lipinski definition) is 9. The largest absolute Gasteiger partial charge is 0.481 e. The van der Waals surface area contributed by atoms with Crippen molar-refractivity contribution in [2.24, 2.45) is 5.92 Å². The van der Waals surface area contributed by atoms with Crippen LogP contribution in [0, 0.1) is 5.92 Å². The Morgan fingerprint density at radius 2 is 1.34 bits per heavy atom. The summed E-state index contributed by atoms with van der Waals surface area (Å²) in [4.78, 5) is 25.2. The summed E-state index contributed by atoms with van der Waals surface area (Å²) in [5, 5.41) is 13.9. The SMILES string of the molecule is CC(CCN1C(=CC=CC=CC2=[N+](CCCCCC(=O)NCCCC[C@H](C)C(=O)O)c3ccc4cc(S(=O)(=O)O)ccc4c3C2(C)C)C(C)(C)c2c1ccc1cc(S(=O)(=O)O)ccc21)S(=O)(=O)O. The lowest BCUT2D eigenvalue weighted by Gasteiger charge is -2.27. The number of allylic oxidation sites excluding steroid dienone is 6. The molecule has 5 N–H and O–H groups in total. The van der Waals surface area contributed by atoms with Crippen LogP contribution in [0.5, 0.6) is 0 Å². The monoisotopic (exact) mass is 992 g/mol. The van der Waals surface area contributed by atoms with E-state index in [0.717, 1.165) is 63.9 Å². The third-order valence-electron chi connectivity index (χ3n) is 13.3. The molecule has 2 aliphatic heterocycles. The number of aliphatic carboxylic acids is 1. The molecule has 1 amide bonds. The van der Waals surface area contributed by atoms with Crippen molar-refractivity contribution in [2.75, 3.05) is 24.5 Å². The summed E-state index contributed by atoms with van der Waals surface area (Å²) in [5.41, 5.74) is 4.23. The van der Waals surface area contributed by atoms with Gasteiger partial charge in [0.25, 0.3) is 30.4 Å². The zero-order valence-corrected chi connectivity index (χ0v) is 41.7. The first-order valence-corrected chi connectivity index (χ1v) is 27.2. The van der Waals surface area contributed by atoms with Crippen LogP contribution in [0.2, 0.25) is 0 Å². The highest BCUT2D eigenvalue weighted by Gasteiger charge is 2.46. The third kappa shape index (κ3) is 11.4. The van der Waals surface area contributed by atoms with E-state index in [1.165, 1.54) is 31.2 Å². The van der Waals surface area contributed by atoms with E-state index < -0.39 is 58.3 Å². The minimum absolute atomic E-state index is 0.0418. The van der Waals surface area contributed by atoms with Gasteiger partial charge in [-0.1, -0.05) is 63.6 Å². The normalized spacial score (nSPS) is 17.4. The maximum atomic E-state index is 12.6. The first-order valence-electron chi connectivity index (χ1n) is 22.8. The maximum Gasteiger partial charge on any atom is 0.306 e. The van der Waals surface area contributed by atoms with E-state index >= 15 is 0 Å². The number of carboxylic acids is 1. The molecule has 0 bridgehead atoms. The van der Waals surface area contributed by atoms with Crippen LogP contribution in [0.3, 0.4) is 0 Å². The molecule has 0 saturated heterocycles. The Kier molecular flexibility index (Phi) is 15.6. The number of hydrogen-bond donors (Lipinski definition) is 5. The number of carbonyl (C=O) groups is 2. The van der Waals surface area contributed by atoms with Crippen molar-refractivity contribution in [3.05, 3.63) is 108 Å². The Morgan fingerprint density at radius 3 is 1.94 bits per heavy atom. The lowest BCUT2D eigenvalue weighted by Crippen LogP contribution is -2.30. The van der Waals surface area contributed by atoms with Crippen molar-refractivity contribution in [1.82, 2.24) is 5.32 Å². The molecule has 366 valence electrons. The molecule has 0 aliphatic carbocycles. The summed E-state index contributed by atoms with van der Waals surface area (Å²) in [6.07, 6.45) is 14.4. The fraction of sp³-hybridized carbons (Fsp3) is 0.420. The van der Waals surface area contributed by atoms with Crippen LogP contribution in [0.1, 0.15) is 104 Å². The number of carbonyl (C=O) groups excluding carboxylic acids is 1. The highest BCUT2D eigenvalue weighted by Crippen LogP contribution is 2.51. The van der Waals surface area contributed by atoms with E-state index in [-0.39, 0.29) is 28.7 Å². The maximum absolute atomic E-state index is 12.6. The topological polar surface area (TPSA) is 236 Å². The molecule has 15 nitrogen and oxygen atoms in total. The third-order valence-corrected chi connectivity index (χ3v) is 16.3. The molecule has 0 radical (unpaired) electrons. The van der Waals surface area contributed by atoms with Crippen LogP contribution in [-0.4, -0.2) is 91.1 Å². The summed E-state index contributed by atoms with van der Waals surface area (Å²) in [6, 6.07) is 16.4. The van der Waals surface area contributed by atoms with Crippen LogP contribution < -0.4 is 10.2 Å². The van der Waals surface area contributed by atoms with Gasteiger partial charge in [0.15, 0.2) is 5.71 Å². The number of nitrogens with one attached hydrogen (secondary N) is 1. The fourth-order valence-electron chi connectivity index (χ4n) is 9.51. The van der Waals surface area contributed by atoms with Gasteiger partial charge in [0.05, 0.1) is 26.4 Å². The van der Waals surface area contributed by atoms with E-state index in [1.54, 1.807) is 25.1 Å². The van der Waals surface area contributed by atoms with Gasteiger partial charge >= 0.3 is 5.97 Å². The molecule has 68 heavy (non-hydrogen) atoms. The number of anilines is 1. The Hall–Kier alpha value is -5.24. The molecule has 6 rings (SSSR count). The average Bonchev–Trinajstić information content (AvgIpc) is 3.61. The predicted molar refractivity (Wildman–Crippen MR) is 265 cm³/mol. The minimum Gasteiger partial charge on any atom is -0.481 e. The van der Waals surface area contributed by atoms with E-state index in [2.05, 4.69) is 23.7 Å². The number of rotatable bonds is 21. The lowest BCUT2D eigenvalue weighted by molar-refractivity contribution is -0.438. The predicted octanol–water partition coefficient (Wildman–Crippen LogP) is 8.89. The highest BCUT2D eigenvalue weighted by atomic mass is 32.2. The van der Waals surface area contributed by atoms with Gasteiger partial charge in [-0.05, 0) is 122 Å². The van der Waals surface area contributed by atoms with Crippen LogP contribution in [0.15, 0.2) is 107 Å². The van der Waals surface area contributed by atoms with E-state index in [0.29, 0.717) is 49.5 Å². The van der Waals surface area contributed by atoms with Gasteiger partial charge in [-0.3, -0.25) is 23.2 Å². The number of nitrogens with zero attached hydrogens (tertiary/aromatic N) is 2.